The molecule has 0 radical (unpaired) electrons. The van der Waals surface area contributed by atoms with E-state index in [1.54, 1.807) is 17.0 Å². The number of aliphatic hydroxyl groups is 1. The molecule has 18 heavy (non-hydrogen) atoms. The van der Waals surface area contributed by atoms with Gasteiger partial charge in [0, 0.05) is 18.2 Å². The highest BCUT2D eigenvalue weighted by molar-refractivity contribution is 5.41. The van der Waals surface area contributed by atoms with Gasteiger partial charge in [0.25, 0.3) is 5.92 Å². The summed E-state index contributed by atoms with van der Waals surface area (Å²) in [5.74, 6) is -2.95. The van der Waals surface area contributed by atoms with Gasteiger partial charge in [0.2, 0.25) is 0 Å². The molecule has 1 aliphatic heterocycles. The predicted octanol–water partition coefficient (Wildman–Crippen LogP) is 1.77. The third kappa shape index (κ3) is 2.62. The average Bonchev–Trinajstić information content (AvgIpc) is 2.31. The number of phenols is 1. The first-order valence-corrected chi connectivity index (χ1v) is 5.95. The van der Waals surface area contributed by atoms with Gasteiger partial charge in [-0.3, -0.25) is 4.90 Å². The zero-order valence-electron chi connectivity index (χ0n) is 10.2. The fourth-order valence-electron chi connectivity index (χ4n) is 2.36. The van der Waals surface area contributed by atoms with Crippen LogP contribution in [0.3, 0.4) is 0 Å². The molecule has 2 N–H and O–H groups in total. The SMILES string of the molecule is CC1Cc2cccc(O)c2CN1CC(F)(F)CO. The van der Waals surface area contributed by atoms with E-state index in [4.69, 9.17) is 5.11 Å². The minimum atomic E-state index is -3.10. The highest BCUT2D eigenvalue weighted by Gasteiger charge is 2.35. The molecule has 3 nitrogen and oxygen atoms in total. The van der Waals surface area contributed by atoms with Crippen LogP contribution >= 0.6 is 0 Å². The molecule has 0 bridgehead atoms. The zero-order chi connectivity index (χ0) is 13.3. The molecule has 0 amide bonds. The Morgan fingerprint density at radius 1 is 1.44 bits per heavy atom. The quantitative estimate of drug-likeness (QED) is 0.867. The molecule has 5 heteroatoms. The lowest BCUT2D eigenvalue weighted by atomic mass is 9.94. The van der Waals surface area contributed by atoms with Crippen molar-refractivity contribution >= 4 is 0 Å². The molecule has 1 heterocycles. The van der Waals surface area contributed by atoms with Crippen LogP contribution in [0, 0.1) is 0 Å². The number of halogens is 2. The zero-order valence-corrected chi connectivity index (χ0v) is 10.2. The van der Waals surface area contributed by atoms with Crippen LogP contribution in [0.15, 0.2) is 18.2 Å². The van der Waals surface area contributed by atoms with E-state index < -0.39 is 19.1 Å². The molecule has 0 saturated carbocycles. The summed E-state index contributed by atoms with van der Waals surface area (Å²) in [6, 6.07) is 5.21. The molecular formula is C13H17F2NO2. The van der Waals surface area contributed by atoms with Crippen LogP contribution in [-0.4, -0.2) is 40.2 Å². The number of hydrogen-bond acceptors (Lipinski definition) is 3. The van der Waals surface area contributed by atoms with Gasteiger partial charge in [-0.15, -0.1) is 0 Å². The van der Waals surface area contributed by atoms with Gasteiger partial charge < -0.3 is 10.2 Å². The number of phenolic OH excluding ortho intramolecular Hbond substituents is 1. The Morgan fingerprint density at radius 2 is 2.17 bits per heavy atom. The highest BCUT2D eigenvalue weighted by atomic mass is 19.3. The van der Waals surface area contributed by atoms with Crippen molar-refractivity contribution in [1.82, 2.24) is 4.90 Å². The topological polar surface area (TPSA) is 43.7 Å². The summed E-state index contributed by atoms with van der Waals surface area (Å²) in [5, 5.41) is 18.4. The van der Waals surface area contributed by atoms with Gasteiger partial charge in [0.1, 0.15) is 12.4 Å². The van der Waals surface area contributed by atoms with Crippen LogP contribution in [-0.2, 0) is 13.0 Å². The average molecular weight is 257 g/mol. The van der Waals surface area contributed by atoms with Crippen molar-refractivity contribution < 1.29 is 19.0 Å². The van der Waals surface area contributed by atoms with Crippen LogP contribution in [0.25, 0.3) is 0 Å². The van der Waals surface area contributed by atoms with E-state index in [1.165, 1.54) is 0 Å². The number of rotatable bonds is 3. The molecule has 1 unspecified atom stereocenters. The fraction of sp³-hybridized carbons (Fsp3) is 0.538. The monoisotopic (exact) mass is 257 g/mol. The van der Waals surface area contributed by atoms with Gasteiger partial charge in [-0.05, 0) is 25.0 Å². The summed E-state index contributed by atoms with van der Waals surface area (Å²) in [6.07, 6.45) is 0.630. The summed E-state index contributed by atoms with van der Waals surface area (Å²) in [7, 11) is 0. The number of alkyl halides is 2. The summed E-state index contributed by atoms with van der Waals surface area (Å²) in [6.45, 7) is 0.529. The van der Waals surface area contributed by atoms with Gasteiger partial charge in [0.05, 0.1) is 6.54 Å². The predicted molar refractivity (Wildman–Crippen MR) is 63.7 cm³/mol. The first kappa shape index (κ1) is 13.2. The van der Waals surface area contributed by atoms with Crippen molar-refractivity contribution in [3.8, 4) is 5.75 Å². The first-order valence-electron chi connectivity index (χ1n) is 5.95. The van der Waals surface area contributed by atoms with Crippen LogP contribution in [0.1, 0.15) is 18.1 Å². The van der Waals surface area contributed by atoms with Crippen molar-refractivity contribution in [3.05, 3.63) is 29.3 Å². The van der Waals surface area contributed by atoms with E-state index in [0.29, 0.717) is 18.5 Å². The number of fused-ring (bicyclic) bond motifs is 1. The third-order valence-electron chi connectivity index (χ3n) is 3.41. The normalized spacial score (nSPS) is 20.8. The smallest absolute Gasteiger partial charge is 0.283 e. The molecule has 1 aliphatic rings. The number of aromatic hydroxyl groups is 1. The molecule has 1 aromatic rings. The lowest BCUT2D eigenvalue weighted by Gasteiger charge is -2.36. The Labute approximate surface area is 105 Å². The van der Waals surface area contributed by atoms with Crippen molar-refractivity contribution in [2.45, 2.75) is 31.9 Å². The third-order valence-corrected chi connectivity index (χ3v) is 3.41. The molecule has 2 rings (SSSR count). The standard InChI is InChI=1S/C13H17F2NO2/c1-9-5-10-3-2-4-12(18)11(10)6-16(9)7-13(14,15)8-17/h2-4,9,17-18H,5-8H2,1H3. The van der Waals surface area contributed by atoms with Crippen molar-refractivity contribution in [3.63, 3.8) is 0 Å². The van der Waals surface area contributed by atoms with Gasteiger partial charge in [-0.1, -0.05) is 12.1 Å². The van der Waals surface area contributed by atoms with Gasteiger partial charge in [-0.2, -0.15) is 0 Å². The maximum Gasteiger partial charge on any atom is 0.283 e. The Hall–Kier alpha value is -1.20. The molecule has 1 aromatic carbocycles. The summed E-state index contributed by atoms with van der Waals surface area (Å²) >= 11 is 0. The Balaban J connectivity index is 2.20. The highest BCUT2D eigenvalue weighted by Crippen LogP contribution is 2.31. The molecule has 0 aromatic heterocycles. The Bertz CT molecular complexity index is 437. The fourth-order valence-corrected chi connectivity index (χ4v) is 2.36. The lowest BCUT2D eigenvalue weighted by molar-refractivity contribution is -0.0819. The Kier molecular flexibility index (Phi) is 3.54. The summed E-state index contributed by atoms with van der Waals surface area (Å²) in [5.41, 5.74) is 1.72. The maximum atomic E-state index is 13.2. The van der Waals surface area contributed by atoms with E-state index in [-0.39, 0.29) is 11.8 Å². The minimum absolute atomic E-state index is 0.0308. The van der Waals surface area contributed by atoms with Crippen molar-refractivity contribution in [1.29, 1.82) is 0 Å². The van der Waals surface area contributed by atoms with Crippen LogP contribution in [0.5, 0.6) is 5.75 Å². The maximum absolute atomic E-state index is 13.2. The molecule has 0 aliphatic carbocycles. The van der Waals surface area contributed by atoms with Crippen LogP contribution in [0.4, 0.5) is 8.78 Å². The molecular weight excluding hydrogens is 240 g/mol. The largest absolute Gasteiger partial charge is 0.508 e. The second-order valence-corrected chi connectivity index (χ2v) is 4.89. The summed E-state index contributed by atoms with van der Waals surface area (Å²) in [4.78, 5) is 1.60. The molecule has 0 saturated heterocycles. The van der Waals surface area contributed by atoms with E-state index in [9.17, 15) is 13.9 Å². The lowest BCUT2D eigenvalue weighted by Crippen LogP contribution is -2.46. The van der Waals surface area contributed by atoms with Crippen molar-refractivity contribution in [2.24, 2.45) is 0 Å². The van der Waals surface area contributed by atoms with E-state index in [0.717, 1.165) is 5.56 Å². The molecule has 100 valence electrons. The van der Waals surface area contributed by atoms with Gasteiger partial charge in [0.15, 0.2) is 0 Å². The van der Waals surface area contributed by atoms with Crippen molar-refractivity contribution in [2.75, 3.05) is 13.2 Å². The molecule has 0 fully saturated rings. The van der Waals surface area contributed by atoms with Gasteiger partial charge >= 0.3 is 0 Å². The first-order chi connectivity index (χ1) is 8.43. The molecule has 1 atom stereocenters. The number of hydrogen-bond donors (Lipinski definition) is 2. The number of aliphatic hydroxyl groups excluding tert-OH is 1. The van der Waals surface area contributed by atoms with Crippen LogP contribution in [0.2, 0.25) is 0 Å². The number of benzene rings is 1. The summed E-state index contributed by atoms with van der Waals surface area (Å²) < 4.78 is 26.5. The molecule has 0 spiro atoms. The number of nitrogens with zero attached hydrogens (tertiary/aromatic N) is 1. The Morgan fingerprint density at radius 3 is 2.83 bits per heavy atom. The van der Waals surface area contributed by atoms with Gasteiger partial charge in [-0.25, -0.2) is 8.78 Å². The minimum Gasteiger partial charge on any atom is -0.508 e. The van der Waals surface area contributed by atoms with E-state index in [1.807, 2.05) is 13.0 Å². The van der Waals surface area contributed by atoms with Crippen LogP contribution < -0.4 is 0 Å². The van der Waals surface area contributed by atoms with E-state index >= 15 is 0 Å². The van der Waals surface area contributed by atoms with E-state index in [2.05, 4.69) is 0 Å². The second-order valence-electron chi connectivity index (χ2n) is 4.89. The second kappa shape index (κ2) is 4.82.